The highest BCUT2D eigenvalue weighted by Gasteiger charge is 2.15. The van der Waals surface area contributed by atoms with Crippen molar-refractivity contribution in [3.05, 3.63) is 78.9 Å². The van der Waals surface area contributed by atoms with Gasteiger partial charge in [0.15, 0.2) is 16.1 Å². The van der Waals surface area contributed by atoms with Crippen LogP contribution in [0.15, 0.2) is 83.8 Å². The third-order valence-corrected chi connectivity index (χ3v) is 6.79. The zero-order valence-electron chi connectivity index (χ0n) is 20.3. The van der Waals surface area contributed by atoms with Gasteiger partial charge in [-0.1, -0.05) is 31.5 Å². The van der Waals surface area contributed by atoms with Crippen molar-refractivity contribution in [1.29, 1.82) is 0 Å². The van der Waals surface area contributed by atoms with E-state index < -0.39 is 9.84 Å². The normalized spacial score (nSPS) is 11.3. The van der Waals surface area contributed by atoms with Gasteiger partial charge in [-0.15, -0.1) is 0 Å². The average Bonchev–Trinajstić information content (AvgIpc) is 2.88. The average molecular weight is 505 g/mol. The van der Waals surface area contributed by atoms with E-state index in [4.69, 9.17) is 14.2 Å². The Morgan fingerprint density at radius 2 is 1.50 bits per heavy atom. The lowest BCUT2D eigenvalue weighted by Crippen LogP contribution is -1.98. The minimum absolute atomic E-state index is 0.0141. The van der Waals surface area contributed by atoms with Crippen LogP contribution < -0.4 is 14.2 Å². The van der Waals surface area contributed by atoms with E-state index in [2.05, 4.69) is 6.92 Å². The summed E-state index contributed by atoms with van der Waals surface area (Å²) in [7, 11) is -3.30. The van der Waals surface area contributed by atoms with E-state index in [9.17, 15) is 13.2 Å². The number of rotatable bonds is 11. The molecule has 0 saturated carbocycles. The van der Waals surface area contributed by atoms with Crippen LogP contribution >= 0.6 is 0 Å². The predicted molar refractivity (Wildman–Crippen MR) is 141 cm³/mol. The van der Waals surface area contributed by atoms with Crippen LogP contribution in [-0.4, -0.2) is 34.2 Å². The van der Waals surface area contributed by atoms with E-state index in [1.165, 1.54) is 6.26 Å². The Balaban J connectivity index is 1.75. The molecule has 7 heteroatoms. The van der Waals surface area contributed by atoms with Gasteiger partial charge >= 0.3 is 0 Å². The quantitative estimate of drug-likeness (QED) is 0.172. The summed E-state index contributed by atoms with van der Waals surface area (Å²) < 4.78 is 41.4. The predicted octanol–water partition coefficient (Wildman–Crippen LogP) is 6.46. The minimum atomic E-state index is -3.30. The van der Waals surface area contributed by atoms with E-state index in [1.54, 1.807) is 48.5 Å². The van der Waals surface area contributed by atoms with Gasteiger partial charge in [-0.05, 0) is 78.0 Å². The number of carbonyl (C=O) groups is 1. The first-order chi connectivity index (χ1) is 17.4. The molecule has 0 radical (unpaired) electrons. The maximum absolute atomic E-state index is 11.9. The van der Waals surface area contributed by atoms with Crippen molar-refractivity contribution in [1.82, 2.24) is 0 Å². The molecule has 0 fully saturated rings. The fourth-order valence-corrected chi connectivity index (χ4v) is 4.40. The van der Waals surface area contributed by atoms with Gasteiger partial charge in [-0.25, -0.2) is 8.42 Å². The molecule has 0 aliphatic carbocycles. The summed E-state index contributed by atoms with van der Waals surface area (Å²) >= 11 is 0. The van der Waals surface area contributed by atoms with Crippen molar-refractivity contribution in [2.75, 3.05) is 19.5 Å². The van der Waals surface area contributed by atoms with Crippen LogP contribution in [-0.2, 0) is 14.6 Å². The zero-order valence-corrected chi connectivity index (χ0v) is 21.1. The Hall–Kier alpha value is -3.84. The topological polar surface area (TPSA) is 78.9 Å². The van der Waals surface area contributed by atoms with E-state index >= 15 is 0 Å². The number of hydrogen-bond acceptors (Lipinski definition) is 6. The molecule has 0 spiro atoms. The first-order valence-corrected chi connectivity index (χ1v) is 13.6. The minimum Gasteiger partial charge on any atom is -0.494 e. The summed E-state index contributed by atoms with van der Waals surface area (Å²) in [5.74, 6) is 2.60. The molecule has 186 valence electrons. The van der Waals surface area contributed by atoms with Gasteiger partial charge in [0.05, 0.1) is 11.5 Å². The lowest BCUT2D eigenvalue weighted by Gasteiger charge is -2.16. The molecule has 0 aromatic heterocycles. The molecule has 0 unspecified atom stereocenters. The number of benzene rings is 4. The van der Waals surface area contributed by atoms with Crippen molar-refractivity contribution < 1.29 is 27.4 Å². The number of unbranched alkanes of at least 4 members (excludes halogenated alkanes) is 1. The molecule has 0 heterocycles. The van der Waals surface area contributed by atoms with Crippen LogP contribution in [0.4, 0.5) is 0 Å². The van der Waals surface area contributed by atoms with Gasteiger partial charge in [0.2, 0.25) is 0 Å². The van der Waals surface area contributed by atoms with Crippen LogP contribution in [0.3, 0.4) is 0 Å². The number of carbonyl (C=O) groups excluding carboxylic acids is 1. The molecule has 0 N–H and O–H groups in total. The van der Waals surface area contributed by atoms with E-state index in [-0.39, 0.29) is 11.5 Å². The van der Waals surface area contributed by atoms with Crippen molar-refractivity contribution in [3.63, 3.8) is 0 Å². The fourth-order valence-electron chi connectivity index (χ4n) is 3.77. The molecular formula is C29H28O6S. The molecular weight excluding hydrogens is 476 g/mol. The van der Waals surface area contributed by atoms with Gasteiger partial charge in [0.25, 0.3) is 0 Å². The summed E-state index contributed by atoms with van der Waals surface area (Å²) in [6.45, 7) is 2.77. The van der Waals surface area contributed by atoms with Gasteiger partial charge in [0, 0.05) is 17.2 Å². The van der Waals surface area contributed by atoms with E-state index in [0.29, 0.717) is 30.1 Å². The van der Waals surface area contributed by atoms with Gasteiger partial charge < -0.3 is 14.2 Å². The molecule has 0 bridgehead atoms. The highest BCUT2D eigenvalue weighted by atomic mass is 32.2. The second kappa shape index (κ2) is 11.3. The van der Waals surface area contributed by atoms with Crippen LogP contribution in [0.1, 0.15) is 19.8 Å². The molecule has 4 aromatic carbocycles. The summed E-state index contributed by atoms with van der Waals surface area (Å²) in [4.78, 5) is 10.8. The number of sulfone groups is 1. The van der Waals surface area contributed by atoms with Crippen LogP contribution in [0, 0.1) is 0 Å². The second-order valence-electron chi connectivity index (χ2n) is 8.37. The van der Waals surface area contributed by atoms with E-state index in [0.717, 1.165) is 40.5 Å². The third-order valence-electron chi connectivity index (χ3n) is 5.66. The van der Waals surface area contributed by atoms with Gasteiger partial charge in [-0.3, -0.25) is 4.79 Å². The molecule has 0 atom stereocenters. The molecule has 0 aliphatic heterocycles. The highest BCUT2D eigenvalue weighted by molar-refractivity contribution is 7.90. The SMILES string of the molecule is CCCCOc1ccc2c(Oc3ccc(OCC=O)cc3)c(-c3ccc(S(C)(=O)=O)cc3)ccc2c1. The third kappa shape index (κ3) is 6.04. The Bertz CT molecular complexity index is 1440. The number of aldehydes is 1. The van der Waals surface area contributed by atoms with Crippen molar-refractivity contribution >= 4 is 26.9 Å². The maximum Gasteiger partial charge on any atom is 0.175 e. The molecule has 4 aromatic rings. The number of fused-ring (bicyclic) bond motifs is 1. The van der Waals surface area contributed by atoms with Crippen molar-refractivity contribution in [2.45, 2.75) is 24.7 Å². The Kier molecular flexibility index (Phi) is 7.90. The molecule has 36 heavy (non-hydrogen) atoms. The standard InChI is InChI=1S/C29H28O6S/c1-3-4-18-33-25-12-16-28-22(20-25)7-15-27(21-5-13-26(14-6-21)36(2,31)32)29(28)35-24-10-8-23(9-11-24)34-19-17-30/h5-17,20H,3-4,18-19H2,1-2H3. The highest BCUT2D eigenvalue weighted by Crippen LogP contribution is 2.41. The van der Waals surface area contributed by atoms with Crippen molar-refractivity contribution in [3.8, 4) is 34.1 Å². The van der Waals surface area contributed by atoms with Gasteiger partial charge in [0.1, 0.15) is 29.6 Å². The smallest absolute Gasteiger partial charge is 0.175 e. The molecule has 0 saturated heterocycles. The summed E-state index contributed by atoms with van der Waals surface area (Å²) in [6.07, 6.45) is 3.94. The summed E-state index contributed by atoms with van der Waals surface area (Å²) in [5, 5.41) is 1.85. The zero-order chi connectivity index (χ0) is 25.5. The number of ether oxygens (including phenoxy) is 3. The first kappa shape index (κ1) is 25.3. The lowest BCUT2D eigenvalue weighted by molar-refractivity contribution is -0.109. The van der Waals surface area contributed by atoms with Crippen LogP contribution in [0.5, 0.6) is 23.0 Å². The molecule has 6 nitrogen and oxygen atoms in total. The van der Waals surface area contributed by atoms with Crippen molar-refractivity contribution in [2.24, 2.45) is 0 Å². The van der Waals surface area contributed by atoms with Gasteiger partial charge in [-0.2, -0.15) is 0 Å². The maximum atomic E-state index is 11.9. The monoisotopic (exact) mass is 504 g/mol. The Morgan fingerprint density at radius 1 is 0.806 bits per heavy atom. The number of hydrogen-bond donors (Lipinski definition) is 0. The Labute approximate surface area is 211 Å². The molecule has 0 amide bonds. The molecule has 4 rings (SSSR count). The lowest BCUT2D eigenvalue weighted by atomic mass is 9.99. The Morgan fingerprint density at radius 3 is 2.17 bits per heavy atom. The summed E-state index contributed by atoms with van der Waals surface area (Å²) in [5.41, 5.74) is 1.65. The first-order valence-electron chi connectivity index (χ1n) is 11.7. The van der Waals surface area contributed by atoms with E-state index in [1.807, 2.05) is 30.3 Å². The molecule has 0 aliphatic rings. The van der Waals surface area contributed by atoms with Crippen LogP contribution in [0.25, 0.3) is 21.9 Å². The summed E-state index contributed by atoms with van der Waals surface area (Å²) in [6, 6.07) is 23.7. The van der Waals surface area contributed by atoms with Crippen LogP contribution in [0.2, 0.25) is 0 Å². The fraction of sp³-hybridized carbons (Fsp3) is 0.207. The largest absolute Gasteiger partial charge is 0.494 e. The second-order valence-corrected chi connectivity index (χ2v) is 10.4.